The lowest BCUT2D eigenvalue weighted by Gasteiger charge is -2.22. The largest absolute Gasteiger partial charge is 0.367 e. The Morgan fingerprint density at radius 2 is 2.38 bits per heavy atom. The molecular formula is C11H17ClN4. The molecule has 2 rings (SSSR count). The monoisotopic (exact) mass is 240 g/mol. The van der Waals surface area contributed by atoms with Crippen molar-refractivity contribution in [1.82, 2.24) is 15.1 Å². The summed E-state index contributed by atoms with van der Waals surface area (Å²) in [6, 6.07) is 4.24. The minimum absolute atomic E-state index is 0.432. The Bertz CT molecular complexity index is 327. The summed E-state index contributed by atoms with van der Waals surface area (Å²) >= 11 is 5.67. The number of nitrogens with zero attached hydrogens (tertiary/aromatic N) is 3. The van der Waals surface area contributed by atoms with Crippen LogP contribution in [0.1, 0.15) is 19.8 Å². The van der Waals surface area contributed by atoms with Gasteiger partial charge in [-0.1, -0.05) is 18.5 Å². The van der Waals surface area contributed by atoms with Gasteiger partial charge in [0.2, 0.25) is 0 Å². The molecule has 1 aromatic heterocycles. The first kappa shape index (κ1) is 11.6. The summed E-state index contributed by atoms with van der Waals surface area (Å²) in [6.45, 7) is 5.48. The van der Waals surface area contributed by atoms with E-state index in [1.807, 2.05) is 6.07 Å². The molecule has 16 heavy (non-hydrogen) atoms. The lowest BCUT2D eigenvalue weighted by Crippen LogP contribution is -2.34. The molecule has 1 atom stereocenters. The highest BCUT2D eigenvalue weighted by atomic mass is 35.5. The molecule has 1 unspecified atom stereocenters. The summed E-state index contributed by atoms with van der Waals surface area (Å²) < 4.78 is 0. The van der Waals surface area contributed by atoms with Gasteiger partial charge in [-0.2, -0.15) is 0 Å². The van der Waals surface area contributed by atoms with E-state index in [4.69, 9.17) is 11.6 Å². The minimum Gasteiger partial charge on any atom is -0.367 e. The van der Waals surface area contributed by atoms with Crippen LogP contribution in [-0.2, 0) is 0 Å². The van der Waals surface area contributed by atoms with Gasteiger partial charge >= 0.3 is 0 Å². The number of aromatic nitrogens is 2. The average molecular weight is 241 g/mol. The molecule has 1 aromatic rings. The Morgan fingerprint density at radius 1 is 1.50 bits per heavy atom. The molecule has 0 spiro atoms. The first-order valence-corrected chi connectivity index (χ1v) is 6.14. The highest BCUT2D eigenvalue weighted by Gasteiger charge is 2.22. The van der Waals surface area contributed by atoms with Gasteiger partial charge in [-0.15, -0.1) is 10.2 Å². The Balaban J connectivity index is 1.85. The highest BCUT2D eigenvalue weighted by molar-refractivity contribution is 6.29. The topological polar surface area (TPSA) is 41.0 Å². The van der Waals surface area contributed by atoms with Gasteiger partial charge in [0.1, 0.15) is 5.82 Å². The van der Waals surface area contributed by atoms with Crippen LogP contribution in [0.3, 0.4) is 0 Å². The Kier molecular flexibility index (Phi) is 3.96. The molecule has 5 heteroatoms. The van der Waals surface area contributed by atoms with Gasteiger partial charge in [0.05, 0.1) is 0 Å². The second-order valence-corrected chi connectivity index (χ2v) is 4.43. The van der Waals surface area contributed by atoms with Gasteiger partial charge < -0.3 is 5.32 Å². The Morgan fingerprint density at radius 3 is 3.06 bits per heavy atom. The minimum atomic E-state index is 0.432. The van der Waals surface area contributed by atoms with Gasteiger partial charge in [0.15, 0.2) is 5.15 Å². The van der Waals surface area contributed by atoms with Crippen LogP contribution >= 0.6 is 11.6 Å². The molecule has 2 heterocycles. The molecule has 4 nitrogen and oxygen atoms in total. The van der Waals surface area contributed by atoms with Crippen LogP contribution in [0.4, 0.5) is 5.82 Å². The fourth-order valence-corrected chi connectivity index (χ4v) is 2.28. The van der Waals surface area contributed by atoms with Crippen molar-refractivity contribution >= 4 is 17.4 Å². The molecule has 0 bridgehead atoms. The number of likely N-dealkylation sites (tertiary alicyclic amines) is 1. The van der Waals surface area contributed by atoms with E-state index < -0.39 is 0 Å². The van der Waals surface area contributed by atoms with Gasteiger partial charge in [-0.3, -0.25) is 4.90 Å². The first-order chi connectivity index (χ1) is 7.79. The van der Waals surface area contributed by atoms with Crippen LogP contribution in [-0.4, -0.2) is 40.8 Å². The van der Waals surface area contributed by atoms with Gasteiger partial charge in [-0.05, 0) is 38.1 Å². The van der Waals surface area contributed by atoms with Gasteiger partial charge in [-0.25, -0.2) is 0 Å². The summed E-state index contributed by atoms with van der Waals surface area (Å²) in [5, 5.41) is 11.5. The van der Waals surface area contributed by atoms with Crippen LogP contribution in [0.2, 0.25) is 5.15 Å². The number of anilines is 1. The van der Waals surface area contributed by atoms with E-state index in [2.05, 4.69) is 27.3 Å². The fourth-order valence-electron chi connectivity index (χ4n) is 2.18. The van der Waals surface area contributed by atoms with E-state index in [9.17, 15) is 0 Å². The molecule has 1 saturated heterocycles. The van der Waals surface area contributed by atoms with Crippen LogP contribution < -0.4 is 5.32 Å². The summed E-state index contributed by atoms with van der Waals surface area (Å²) in [7, 11) is 0. The number of hydrogen-bond donors (Lipinski definition) is 1. The molecule has 0 radical (unpaired) electrons. The van der Waals surface area contributed by atoms with Crippen molar-refractivity contribution in [3.8, 4) is 0 Å². The fraction of sp³-hybridized carbons (Fsp3) is 0.636. The summed E-state index contributed by atoms with van der Waals surface area (Å²) in [5.74, 6) is 0.798. The van der Waals surface area contributed by atoms with E-state index in [0.29, 0.717) is 11.2 Å². The summed E-state index contributed by atoms with van der Waals surface area (Å²) in [4.78, 5) is 2.50. The Hall–Kier alpha value is -0.870. The predicted octanol–water partition coefficient (Wildman–Crippen LogP) is 2.03. The lowest BCUT2D eigenvalue weighted by atomic mass is 10.2. The third-order valence-electron chi connectivity index (χ3n) is 3.06. The molecular weight excluding hydrogens is 224 g/mol. The molecule has 0 aromatic carbocycles. The van der Waals surface area contributed by atoms with E-state index in [-0.39, 0.29) is 0 Å². The highest BCUT2D eigenvalue weighted by Crippen LogP contribution is 2.17. The van der Waals surface area contributed by atoms with Crippen molar-refractivity contribution in [2.45, 2.75) is 25.8 Å². The van der Waals surface area contributed by atoms with Crippen molar-refractivity contribution < 1.29 is 0 Å². The third-order valence-corrected chi connectivity index (χ3v) is 3.26. The van der Waals surface area contributed by atoms with Crippen molar-refractivity contribution in [3.63, 3.8) is 0 Å². The average Bonchev–Trinajstić information content (AvgIpc) is 2.76. The maximum absolute atomic E-state index is 5.67. The predicted molar refractivity (Wildman–Crippen MR) is 65.8 cm³/mol. The SMILES string of the molecule is CCN1CCCC1CNc1ccc(Cl)nn1. The second-order valence-electron chi connectivity index (χ2n) is 4.05. The van der Waals surface area contributed by atoms with Crippen molar-refractivity contribution in [3.05, 3.63) is 17.3 Å². The van der Waals surface area contributed by atoms with Crippen LogP contribution in [0, 0.1) is 0 Å². The zero-order chi connectivity index (χ0) is 11.4. The standard InChI is InChI=1S/C11H17ClN4/c1-2-16-7-3-4-9(16)8-13-11-6-5-10(12)14-15-11/h5-6,9H,2-4,7-8H2,1H3,(H,13,15). The maximum Gasteiger partial charge on any atom is 0.151 e. The van der Waals surface area contributed by atoms with Crippen molar-refractivity contribution in [2.75, 3.05) is 25.0 Å². The molecule has 0 amide bonds. The van der Waals surface area contributed by atoms with Gasteiger partial charge in [0.25, 0.3) is 0 Å². The molecule has 0 aliphatic carbocycles. The number of nitrogens with one attached hydrogen (secondary N) is 1. The third kappa shape index (κ3) is 2.83. The smallest absolute Gasteiger partial charge is 0.151 e. The quantitative estimate of drug-likeness (QED) is 0.875. The number of rotatable bonds is 4. The summed E-state index contributed by atoms with van der Waals surface area (Å²) in [6.07, 6.45) is 2.56. The van der Waals surface area contributed by atoms with Crippen molar-refractivity contribution in [2.24, 2.45) is 0 Å². The van der Waals surface area contributed by atoms with E-state index in [0.717, 1.165) is 18.9 Å². The number of likely N-dealkylation sites (N-methyl/N-ethyl adjacent to an activating group) is 1. The summed E-state index contributed by atoms with van der Waals surface area (Å²) in [5.41, 5.74) is 0. The van der Waals surface area contributed by atoms with Crippen LogP contribution in [0.15, 0.2) is 12.1 Å². The van der Waals surface area contributed by atoms with Gasteiger partial charge in [0, 0.05) is 12.6 Å². The van der Waals surface area contributed by atoms with E-state index in [1.165, 1.54) is 19.4 Å². The van der Waals surface area contributed by atoms with E-state index in [1.54, 1.807) is 6.07 Å². The zero-order valence-corrected chi connectivity index (χ0v) is 10.2. The first-order valence-electron chi connectivity index (χ1n) is 5.76. The van der Waals surface area contributed by atoms with Crippen LogP contribution in [0.25, 0.3) is 0 Å². The molecule has 1 aliphatic heterocycles. The van der Waals surface area contributed by atoms with E-state index >= 15 is 0 Å². The zero-order valence-electron chi connectivity index (χ0n) is 9.49. The normalized spacial score (nSPS) is 21.2. The maximum atomic E-state index is 5.67. The molecule has 1 fully saturated rings. The Labute approximate surface area is 101 Å². The molecule has 88 valence electrons. The molecule has 1 N–H and O–H groups in total. The molecule has 0 saturated carbocycles. The molecule has 1 aliphatic rings. The second kappa shape index (κ2) is 5.46. The lowest BCUT2D eigenvalue weighted by molar-refractivity contribution is 0.277. The number of halogens is 1. The number of hydrogen-bond acceptors (Lipinski definition) is 4. The van der Waals surface area contributed by atoms with Crippen molar-refractivity contribution in [1.29, 1.82) is 0 Å². The van der Waals surface area contributed by atoms with Crippen LogP contribution in [0.5, 0.6) is 0 Å².